The molecule has 0 aliphatic heterocycles. The first-order valence-corrected chi connectivity index (χ1v) is 4.42. The van der Waals surface area contributed by atoms with Crippen LogP contribution in [0.4, 0.5) is 0 Å². The molecular formula is C11H14N2. The van der Waals surface area contributed by atoms with Gasteiger partial charge in [-0.3, -0.25) is 0 Å². The van der Waals surface area contributed by atoms with Gasteiger partial charge in [-0.15, -0.1) is 0 Å². The Kier molecular flexibility index (Phi) is 3.48. The Hall–Kier alpha value is -1.33. The molecule has 0 amide bonds. The normalized spacial score (nSPS) is 22.3. The second kappa shape index (κ2) is 4.64. The van der Waals surface area contributed by atoms with Gasteiger partial charge in [0.25, 0.3) is 0 Å². The van der Waals surface area contributed by atoms with E-state index in [-0.39, 0.29) is 0 Å². The molecule has 2 heteroatoms. The van der Waals surface area contributed by atoms with E-state index < -0.39 is 0 Å². The topological polar surface area (TPSA) is 35.8 Å². The summed E-state index contributed by atoms with van der Waals surface area (Å²) in [6, 6.07) is 2.42. The van der Waals surface area contributed by atoms with Crippen LogP contribution in [0.15, 0.2) is 36.0 Å². The minimum absolute atomic E-state index is 0.413. The zero-order valence-electron chi connectivity index (χ0n) is 7.88. The van der Waals surface area contributed by atoms with E-state index in [4.69, 9.17) is 5.26 Å². The molecule has 1 aliphatic rings. The highest BCUT2D eigenvalue weighted by atomic mass is 14.9. The van der Waals surface area contributed by atoms with Crippen LogP contribution < -0.4 is 5.32 Å². The standard InChI is InChI=1S/C11H14N2/c1-3-10-9(5-4-8-12)6-7-11(10)13-2/h3-5,11,13H,1,6-7H2,2H3/b5-4+. The lowest BCUT2D eigenvalue weighted by Crippen LogP contribution is -2.23. The molecule has 0 aromatic heterocycles. The van der Waals surface area contributed by atoms with E-state index in [0.717, 1.165) is 12.8 Å². The van der Waals surface area contributed by atoms with E-state index >= 15 is 0 Å². The van der Waals surface area contributed by atoms with Crippen LogP contribution in [0.2, 0.25) is 0 Å². The molecule has 1 aliphatic carbocycles. The molecule has 0 radical (unpaired) electrons. The van der Waals surface area contributed by atoms with Crippen molar-refractivity contribution in [3.8, 4) is 6.07 Å². The van der Waals surface area contributed by atoms with Crippen LogP contribution in [0.3, 0.4) is 0 Å². The van der Waals surface area contributed by atoms with Crippen molar-refractivity contribution >= 4 is 0 Å². The zero-order chi connectivity index (χ0) is 9.68. The van der Waals surface area contributed by atoms with Crippen LogP contribution in [-0.2, 0) is 0 Å². The molecule has 2 nitrogen and oxygen atoms in total. The largest absolute Gasteiger partial charge is 0.313 e. The molecule has 68 valence electrons. The third-order valence-electron chi connectivity index (χ3n) is 2.38. The van der Waals surface area contributed by atoms with Gasteiger partial charge in [0.05, 0.1) is 6.07 Å². The van der Waals surface area contributed by atoms with E-state index in [1.54, 1.807) is 0 Å². The number of nitriles is 1. The Balaban J connectivity index is 2.87. The van der Waals surface area contributed by atoms with Crippen LogP contribution in [0, 0.1) is 11.3 Å². The smallest absolute Gasteiger partial charge is 0.0912 e. The van der Waals surface area contributed by atoms with Crippen LogP contribution in [-0.4, -0.2) is 13.1 Å². The molecule has 1 N–H and O–H groups in total. The van der Waals surface area contributed by atoms with Gasteiger partial charge in [-0.2, -0.15) is 5.26 Å². The Bertz CT molecular complexity index is 292. The second-order valence-corrected chi connectivity index (χ2v) is 3.03. The number of likely N-dealkylation sites (N-methyl/N-ethyl adjacent to an activating group) is 1. The minimum Gasteiger partial charge on any atom is -0.313 e. The minimum atomic E-state index is 0.413. The van der Waals surface area contributed by atoms with E-state index in [1.165, 1.54) is 17.2 Å². The number of rotatable bonds is 3. The molecule has 0 aromatic rings. The average molecular weight is 174 g/mol. The first kappa shape index (κ1) is 9.76. The van der Waals surface area contributed by atoms with Crippen molar-refractivity contribution in [3.63, 3.8) is 0 Å². The van der Waals surface area contributed by atoms with Gasteiger partial charge >= 0.3 is 0 Å². The van der Waals surface area contributed by atoms with E-state index in [2.05, 4.69) is 11.9 Å². The first-order chi connectivity index (χ1) is 6.33. The first-order valence-electron chi connectivity index (χ1n) is 4.42. The Morgan fingerprint density at radius 1 is 1.69 bits per heavy atom. The lowest BCUT2D eigenvalue weighted by Gasteiger charge is -2.09. The number of nitrogens with zero attached hydrogens (tertiary/aromatic N) is 1. The van der Waals surface area contributed by atoms with E-state index in [9.17, 15) is 0 Å². The number of nitrogens with one attached hydrogen (secondary N) is 1. The molecule has 1 rings (SSSR count). The summed E-state index contributed by atoms with van der Waals surface area (Å²) >= 11 is 0. The SMILES string of the molecule is C=CC1=C(/C=C/C#N)CCC1NC. The predicted molar refractivity (Wildman–Crippen MR) is 54.1 cm³/mol. The summed E-state index contributed by atoms with van der Waals surface area (Å²) in [5.41, 5.74) is 2.46. The maximum atomic E-state index is 8.41. The van der Waals surface area contributed by atoms with Crippen molar-refractivity contribution in [2.24, 2.45) is 0 Å². The molecule has 1 unspecified atom stereocenters. The molecule has 0 aromatic carbocycles. The predicted octanol–water partition coefficient (Wildman–Crippen LogP) is 1.93. The van der Waals surface area contributed by atoms with Gasteiger partial charge in [0, 0.05) is 12.1 Å². The van der Waals surface area contributed by atoms with Gasteiger partial charge in [-0.1, -0.05) is 12.7 Å². The fraction of sp³-hybridized carbons (Fsp3) is 0.364. The van der Waals surface area contributed by atoms with Gasteiger partial charge in [0.2, 0.25) is 0 Å². The average Bonchev–Trinajstić information content (AvgIpc) is 2.56. The van der Waals surface area contributed by atoms with Crippen LogP contribution >= 0.6 is 0 Å². The van der Waals surface area contributed by atoms with Crippen molar-refractivity contribution in [2.75, 3.05) is 7.05 Å². The highest BCUT2D eigenvalue weighted by Crippen LogP contribution is 2.27. The lowest BCUT2D eigenvalue weighted by molar-refractivity contribution is 0.636. The Morgan fingerprint density at radius 2 is 2.46 bits per heavy atom. The summed E-state index contributed by atoms with van der Waals surface area (Å²) in [5.74, 6) is 0. The van der Waals surface area contributed by atoms with Gasteiger partial charge in [-0.25, -0.2) is 0 Å². The van der Waals surface area contributed by atoms with E-state index in [0.29, 0.717) is 6.04 Å². The second-order valence-electron chi connectivity index (χ2n) is 3.03. The van der Waals surface area contributed by atoms with Gasteiger partial charge in [0.15, 0.2) is 0 Å². The molecule has 0 fully saturated rings. The molecule has 13 heavy (non-hydrogen) atoms. The summed E-state index contributed by atoms with van der Waals surface area (Å²) in [4.78, 5) is 0. The summed E-state index contributed by atoms with van der Waals surface area (Å²) in [5, 5.41) is 11.6. The summed E-state index contributed by atoms with van der Waals surface area (Å²) < 4.78 is 0. The van der Waals surface area contributed by atoms with Gasteiger partial charge < -0.3 is 5.32 Å². The van der Waals surface area contributed by atoms with Crippen molar-refractivity contribution in [1.82, 2.24) is 5.32 Å². The lowest BCUT2D eigenvalue weighted by atomic mass is 10.1. The van der Waals surface area contributed by atoms with Crippen LogP contribution in [0.25, 0.3) is 0 Å². The Morgan fingerprint density at radius 3 is 3.00 bits per heavy atom. The summed E-state index contributed by atoms with van der Waals surface area (Å²) in [6.45, 7) is 3.78. The quantitative estimate of drug-likeness (QED) is 0.663. The molecule has 0 saturated carbocycles. The third-order valence-corrected chi connectivity index (χ3v) is 2.38. The maximum Gasteiger partial charge on any atom is 0.0912 e. The fourth-order valence-electron chi connectivity index (χ4n) is 1.71. The van der Waals surface area contributed by atoms with Crippen LogP contribution in [0.5, 0.6) is 0 Å². The Labute approximate surface area is 79.3 Å². The molecule has 0 saturated heterocycles. The molecule has 1 atom stereocenters. The van der Waals surface area contributed by atoms with Gasteiger partial charge in [-0.05, 0) is 37.1 Å². The van der Waals surface area contributed by atoms with E-state index in [1.807, 2.05) is 25.3 Å². The third kappa shape index (κ3) is 2.07. The summed E-state index contributed by atoms with van der Waals surface area (Å²) in [6.07, 6.45) is 7.42. The molecule has 0 heterocycles. The molecule has 0 bridgehead atoms. The number of allylic oxidation sites excluding steroid dienone is 3. The van der Waals surface area contributed by atoms with Crippen molar-refractivity contribution < 1.29 is 0 Å². The van der Waals surface area contributed by atoms with Gasteiger partial charge in [0.1, 0.15) is 0 Å². The highest BCUT2D eigenvalue weighted by Gasteiger charge is 2.19. The van der Waals surface area contributed by atoms with Crippen molar-refractivity contribution in [1.29, 1.82) is 5.26 Å². The number of hydrogen-bond acceptors (Lipinski definition) is 2. The van der Waals surface area contributed by atoms with Crippen molar-refractivity contribution in [2.45, 2.75) is 18.9 Å². The van der Waals surface area contributed by atoms with Crippen molar-refractivity contribution in [3.05, 3.63) is 36.0 Å². The molecular weight excluding hydrogens is 160 g/mol. The monoisotopic (exact) mass is 174 g/mol. The fourth-order valence-corrected chi connectivity index (χ4v) is 1.71. The molecule has 0 spiro atoms. The zero-order valence-corrected chi connectivity index (χ0v) is 7.88. The maximum absolute atomic E-state index is 8.41. The number of hydrogen-bond donors (Lipinski definition) is 1. The highest BCUT2D eigenvalue weighted by molar-refractivity contribution is 5.41. The summed E-state index contributed by atoms with van der Waals surface area (Å²) in [7, 11) is 1.95. The van der Waals surface area contributed by atoms with Crippen LogP contribution in [0.1, 0.15) is 12.8 Å².